The maximum atomic E-state index is 11.7. The van der Waals surface area contributed by atoms with Crippen LogP contribution in [0.15, 0.2) is 37.1 Å². The fourth-order valence-corrected chi connectivity index (χ4v) is 2.86. The molecule has 0 spiro atoms. The van der Waals surface area contributed by atoms with Crippen molar-refractivity contribution in [1.29, 1.82) is 0 Å². The smallest absolute Gasteiger partial charge is 0.225 e. The summed E-state index contributed by atoms with van der Waals surface area (Å²) in [6, 6.07) is 3.86. The average Bonchev–Trinajstić information content (AvgIpc) is 3.16. The summed E-state index contributed by atoms with van der Waals surface area (Å²) in [6.07, 6.45) is 11.7. The largest absolute Gasteiger partial charge is 0.400 e. The number of hydrogen-bond donors (Lipinski definition) is 2. The molecule has 1 fully saturated rings. The van der Waals surface area contributed by atoms with Crippen molar-refractivity contribution in [2.24, 2.45) is 11.8 Å². The van der Waals surface area contributed by atoms with E-state index in [2.05, 4.69) is 23.0 Å². The second kappa shape index (κ2) is 14.3. The molecule has 0 bridgehead atoms. The number of anilines is 1. The second-order valence-electron chi connectivity index (χ2n) is 6.45. The lowest BCUT2D eigenvalue weighted by atomic mass is 10.00. The molecule has 1 heterocycles. The summed E-state index contributed by atoms with van der Waals surface area (Å²) in [7, 11) is 1.00. The number of amides is 1. The lowest BCUT2D eigenvalue weighted by molar-refractivity contribution is -0.116. The predicted molar refractivity (Wildman–Crippen MR) is 112 cm³/mol. The Hall–Kier alpha value is -1.94. The van der Waals surface area contributed by atoms with Gasteiger partial charge in [-0.3, -0.25) is 4.79 Å². The van der Waals surface area contributed by atoms with Crippen molar-refractivity contribution in [1.82, 2.24) is 4.98 Å². The van der Waals surface area contributed by atoms with E-state index < -0.39 is 0 Å². The van der Waals surface area contributed by atoms with Gasteiger partial charge in [0, 0.05) is 19.7 Å². The van der Waals surface area contributed by atoms with Gasteiger partial charge in [0.15, 0.2) is 0 Å². The Balaban J connectivity index is 0.00000146. The molecule has 1 aliphatic rings. The molecular weight excluding hydrogens is 324 g/mol. The molecule has 0 radical (unpaired) electrons. The van der Waals surface area contributed by atoms with E-state index in [-0.39, 0.29) is 5.91 Å². The van der Waals surface area contributed by atoms with E-state index in [0.29, 0.717) is 24.1 Å². The van der Waals surface area contributed by atoms with Gasteiger partial charge in [-0.05, 0) is 47.9 Å². The Kier molecular flexibility index (Phi) is 13.2. The number of pyridine rings is 1. The first kappa shape index (κ1) is 24.1. The standard InChI is InChI=1S/C19H26N2O.C2H6.CH4O/c1-4-16(12-15-7-5-6-8-15)17-9-10-18(20-13-17)21-19(22)11-14(2)3;2*1-2/h4,9-10,12-15H,1,5-8,11H2,2-3H3,(H,20,21,22);1-2H3;2H,1H3/b16-12-;;. The van der Waals surface area contributed by atoms with Crippen LogP contribution >= 0.6 is 0 Å². The summed E-state index contributed by atoms with van der Waals surface area (Å²) in [5, 5.41) is 9.84. The third kappa shape index (κ3) is 8.95. The van der Waals surface area contributed by atoms with Gasteiger partial charge < -0.3 is 10.4 Å². The van der Waals surface area contributed by atoms with Crippen LogP contribution in [0.2, 0.25) is 0 Å². The number of nitrogens with one attached hydrogen (secondary N) is 1. The van der Waals surface area contributed by atoms with E-state index >= 15 is 0 Å². The van der Waals surface area contributed by atoms with Gasteiger partial charge in [-0.2, -0.15) is 0 Å². The molecule has 0 aliphatic heterocycles. The zero-order chi connectivity index (χ0) is 19.9. The minimum absolute atomic E-state index is 0.0145. The number of aliphatic hydroxyl groups excluding tert-OH is 1. The van der Waals surface area contributed by atoms with Gasteiger partial charge in [-0.15, -0.1) is 0 Å². The normalized spacial score (nSPS) is 14.0. The molecule has 0 atom stereocenters. The van der Waals surface area contributed by atoms with Crippen molar-refractivity contribution in [2.75, 3.05) is 12.4 Å². The number of nitrogens with zero attached hydrogens (tertiary/aromatic N) is 1. The van der Waals surface area contributed by atoms with Crippen LogP contribution < -0.4 is 5.32 Å². The highest BCUT2D eigenvalue weighted by atomic mass is 16.2. The minimum atomic E-state index is 0.0145. The minimum Gasteiger partial charge on any atom is -0.400 e. The molecule has 1 aromatic heterocycles. The first-order valence-corrected chi connectivity index (χ1v) is 9.63. The number of carbonyl (C=O) groups is 1. The van der Waals surface area contributed by atoms with Crippen LogP contribution in [-0.2, 0) is 4.79 Å². The average molecular weight is 361 g/mol. The van der Waals surface area contributed by atoms with E-state index in [1.807, 2.05) is 52.1 Å². The molecule has 0 saturated heterocycles. The van der Waals surface area contributed by atoms with Gasteiger partial charge in [0.25, 0.3) is 0 Å². The summed E-state index contributed by atoms with van der Waals surface area (Å²) in [6.45, 7) is 12.0. The Labute approximate surface area is 159 Å². The van der Waals surface area contributed by atoms with Gasteiger partial charge in [-0.1, -0.05) is 59.3 Å². The predicted octanol–water partition coefficient (Wildman–Crippen LogP) is 5.46. The summed E-state index contributed by atoms with van der Waals surface area (Å²) in [5.41, 5.74) is 2.20. The Morgan fingerprint density at radius 3 is 2.38 bits per heavy atom. The zero-order valence-electron chi connectivity index (χ0n) is 17.1. The summed E-state index contributed by atoms with van der Waals surface area (Å²) in [4.78, 5) is 16.1. The highest BCUT2D eigenvalue weighted by molar-refractivity contribution is 5.90. The van der Waals surface area contributed by atoms with Crippen molar-refractivity contribution in [3.63, 3.8) is 0 Å². The van der Waals surface area contributed by atoms with E-state index in [9.17, 15) is 4.79 Å². The topological polar surface area (TPSA) is 62.2 Å². The molecule has 0 unspecified atom stereocenters. The highest BCUT2D eigenvalue weighted by Gasteiger charge is 2.13. The van der Waals surface area contributed by atoms with E-state index in [1.165, 1.54) is 25.7 Å². The fourth-order valence-electron chi connectivity index (χ4n) is 2.86. The molecule has 4 heteroatoms. The fraction of sp³-hybridized carbons (Fsp3) is 0.545. The van der Waals surface area contributed by atoms with Crippen LogP contribution in [0.4, 0.5) is 5.82 Å². The Morgan fingerprint density at radius 2 is 1.92 bits per heavy atom. The first-order valence-electron chi connectivity index (χ1n) is 9.63. The number of allylic oxidation sites excluding steroid dienone is 3. The Bertz CT molecular complexity index is 542. The SMILES string of the molecule is C=C/C(=C/C1CCCC1)c1ccc(NC(=O)CC(C)C)nc1.CC.CO. The van der Waals surface area contributed by atoms with E-state index in [0.717, 1.165) is 18.2 Å². The van der Waals surface area contributed by atoms with Gasteiger partial charge >= 0.3 is 0 Å². The molecular formula is C22H36N2O2. The van der Waals surface area contributed by atoms with Crippen LogP contribution in [0.1, 0.15) is 65.4 Å². The summed E-state index contributed by atoms with van der Waals surface area (Å²) >= 11 is 0. The van der Waals surface area contributed by atoms with Crippen molar-refractivity contribution >= 4 is 17.3 Å². The van der Waals surface area contributed by atoms with Crippen molar-refractivity contribution in [3.8, 4) is 0 Å². The second-order valence-corrected chi connectivity index (χ2v) is 6.45. The lowest BCUT2D eigenvalue weighted by Gasteiger charge is -2.09. The van der Waals surface area contributed by atoms with Gasteiger partial charge in [0.2, 0.25) is 5.91 Å². The Morgan fingerprint density at radius 1 is 1.31 bits per heavy atom. The van der Waals surface area contributed by atoms with Gasteiger partial charge in [-0.25, -0.2) is 4.98 Å². The molecule has 26 heavy (non-hydrogen) atoms. The summed E-state index contributed by atoms with van der Waals surface area (Å²) < 4.78 is 0. The van der Waals surface area contributed by atoms with Crippen LogP contribution in [0.3, 0.4) is 0 Å². The number of carbonyl (C=O) groups excluding carboxylic acids is 1. The first-order chi connectivity index (χ1) is 12.6. The third-order valence-corrected chi connectivity index (χ3v) is 3.99. The molecule has 1 aliphatic carbocycles. The van der Waals surface area contributed by atoms with E-state index in [1.54, 1.807) is 0 Å². The van der Waals surface area contributed by atoms with Crippen molar-refractivity contribution < 1.29 is 9.90 Å². The maximum absolute atomic E-state index is 11.7. The molecule has 1 amide bonds. The number of aliphatic hydroxyl groups is 1. The highest BCUT2D eigenvalue weighted by Crippen LogP contribution is 2.29. The molecule has 2 N–H and O–H groups in total. The van der Waals surface area contributed by atoms with Crippen LogP contribution in [0.25, 0.3) is 5.57 Å². The van der Waals surface area contributed by atoms with Crippen LogP contribution in [-0.4, -0.2) is 23.1 Å². The molecule has 0 aromatic carbocycles. The molecule has 1 saturated carbocycles. The molecule has 2 rings (SSSR count). The summed E-state index contributed by atoms with van der Waals surface area (Å²) in [5.74, 6) is 1.64. The number of aromatic nitrogens is 1. The lowest BCUT2D eigenvalue weighted by Crippen LogP contribution is -2.14. The van der Waals surface area contributed by atoms with Gasteiger partial charge in [0.1, 0.15) is 5.82 Å². The van der Waals surface area contributed by atoms with Crippen molar-refractivity contribution in [3.05, 3.63) is 42.6 Å². The quantitative estimate of drug-likeness (QED) is 0.662. The van der Waals surface area contributed by atoms with Crippen LogP contribution in [0.5, 0.6) is 0 Å². The number of hydrogen-bond acceptors (Lipinski definition) is 3. The molecule has 4 nitrogen and oxygen atoms in total. The van der Waals surface area contributed by atoms with Crippen molar-refractivity contribution in [2.45, 2.75) is 59.8 Å². The molecule has 146 valence electrons. The van der Waals surface area contributed by atoms with Gasteiger partial charge in [0.05, 0.1) is 0 Å². The zero-order valence-corrected chi connectivity index (χ0v) is 17.1. The molecule has 1 aromatic rings. The van der Waals surface area contributed by atoms with Crippen LogP contribution in [0, 0.1) is 11.8 Å². The van der Waals surface area contributed by atoms with E-state index in [4.69, 9.17) is 5.11 Å². The monoisotopic (exact) mass is 360 g/mol. The maximum Gasteiger partial charge on any atom is 0.225 e. The number of rotatable bonds is 6. The third-order valence-electron chi connectivity index (χ3n) is 3.99.